The van der Waals surface area contributed by atoms with Crippen molar-refractivity contribution < 1.29 is 0 Å². The van der Waals surface area contributed by atoms with Crippen molar-refractivity contribution in [2.24, 2.45) is 0 Å². The topological polar surface area (TPSA) is 29.9 Å². The van der Waals surface area contributed by atoms with Gasteiger partial charge in [-0.1, -0.05) is 48.0 Å². The van der Waals surface area contributed by atoms with Crippen molar-refractivity contribution in [3.8, 4) is 0 Å². The summed E-state index contributed by atoms with van der Waals surface area (Å²) in [6.07, 6.45) is 4.09. The number of rotatable bonds is 7. The Kier molecular flexibility index (Phi) is 5.80. The minimum atomic E-state index is 0.180. The molecule has 1 unspecified atom stereocenters. The Morgan fingerprint density at radius 3 is 2.70 bits per heavy atom. The van der Waals surface area contributed by atoms with E-state index >= 15 is 0 Å². The second-order valence-electron chi connectivity index (χ2n) is 4.89. The first kappa shape index (κ1) is 15.3. The van der Waals surface area contributed by atoms with Crippen molar-refractivity contribution >= 4 is 15.9 Å². The summed E-state index contributed by atoms with van der Waals surface area (Å²) in [6.45, 7) is 6.31. The first-order chi connectivity index (χ1) is 9.77. The number of halogens is 1. The van der Waals surface area contributed by atoms with Crippen LogP contribution in [0, 0.1) is 0 Å². The Balaban J connectivity index is 2.37. The fourth-order valence-corrected chi connectivity index (χ4v) is 2.87. The van der Waals surface area contributed by atoms with E-state index < -0.39 is 0 Å². The predicted octanol–water partition coefficient (Wildman–Crippen LogP) is 4.14. The molecule has 0 aliphatic carbocycles. The molecule has 0 bridgehead atoms. The summed E-state index contributed by atoms with van der Waals surface area (Å²) in [7, 11) is 0. The highest BCUT2D eigenvalue weighted by Gasteiger charge is 2.19. The smallest absolute Gasteiger partial charge is 0.0759 e. The summed E-state index contributed by atoms with van der Waals surface area (Å²) in [6, 6.07) is 10.7. The van der Waals surface area contributed by atoms with Crippen molar-refractivity contribution in [3.05, 3.63) is 52.3 Å². The molecule has 1 atom stereocenters. The van der Waals surface area contributed by atoms with Gasteiger partial charge in [-0.15, -0.1) is 0 Å². The van der Waals surface area contributed by atoms with Crippen LogP contribution in [0.3, 0.4) is 0 Å². The van der Waals surface area contributed by atoms with Gasteiger partial charge < -0.3 is 5.32 Å². The molecule has 0 radical (unpaired) electrons. The van der Waals surface area contributed by atoms with Crippen LogP contribution in [0.25, 0.3) is 0 Å². The number of nitrogens with zero attached hydrogens (tertiary/aromatic N) is 2. The lowest BCUT2D eigenvalue weighted by Crippen LogP contribution is -2.26. The second-order valence-corrected chi connectivity index (χ2v) is 5.74. The largest absolute Gasteiger partial charge is 0.305 e. The van der Waals surface area contributed by atoms with Gasteiger partial charge in [0.15, 0.2) is 0 Å². The van der Waals surface area contributed by atoms with Gasteiger partial charge in [0.05, 0.1) is 11.7 Å². The number of hydrogen-bond acceptors (Lipinski definition) is 2. The molecule has 0 aliphatic heterocycles. The lowest BCUT2D eigenvalue weighted by atomic mass is 10.0. The summed E-state index contributed by atoms with van der Waals surface area (Å²) in [5.41, 5.74) is 2.49. The molecule has 1 N–H and O–H groups in total. The number of aromatic nitrogens is 2. The van der Waals surface area contributed by atoms with Crippen LogP contribution in [0.15, 0.2) is 41.0 Å². The maximum absolute atomic E-state index is 4.45. The average molecular weight is 336 g/mol. The van der Waals surface area contributed by atoms with Crippen LogP contribution in [0.2, 0.25) is 0 Å². The zero-order valence-electron chi connectivity index (χ0n) is 12.1. The maximum atomic E-state index is 4.45. The third kappa shape index (κ3) is 3.49. The summed E-state index contributed by atoms with van der Waals surface area (Å²) in [5, 5.41) is 8.09. The second kappa shape index (κ2) is 7.60. The molecule has 1 heterocycles. The first-order valence-corrected chi connectivity index (χ1v) is 8.06. The average Bonchev–Trinajstić information content (AvgIpc) is 2.90. The number of nitrogens with one attached hydrogen (secondary N) is 1. The highest BCUT2D eigenvalue weighted by Crippen LogP contribution is 2.28. The Morgan fingerprint density at radius 2 is 2.00 bits per heavy atom. The predicted molar refractivity (Wildman–Crippen MR) is 86.8 cm³/mol. The van der Waals surface area contributed by atoms with Crippen molar-refractivity contribution in [3.63, 3.8) is 0 Å². The van der Waals surface area contributed by atoms with Gasteiger partial charge in [0.1, 0.15) is 0 Å². The van der Waals surface area contributed by atoms with E-state index in [9.17, 15) is 0 Å². The van der Waals surface area contributed by atoms with E-state index in [-0.39, 0.29) is 6.04 Å². The summed E-state index contributed by atoms with van der Waals surface area (Å²) in [5.74, 6) is 0. The fraction of sp³-hybridized carbons (Fsp3) is 0.438. The molecule has 1 aromatic heterocycles. The quantitative estimate of drug-likeness (QED) is 0.823. The molecular weight excluding hydrogens is 314 g/mol. The Bertz CT molecular complexity index is 536. The standard InChI is InChI=1S/C16H22BrN3/c1-3-10-18-16(13-7-5-6-8-14(13)17)15-9-11-19-20(15)12-4-2/h5-9,11,16,18H,3-4,10,12H2,1-2H3. The molecule has 0 saturated heterocycles. The third-order valence-corrected chi connectivity index (χ3v) is 4.02. The SMILES string of the molecule is CCCNC(c1ccccc1Br)c1ccnn1CCC. The van der Waals surface area contributed by atoms with Crippen LogP contribution in [-0.4, -0.2) is 16.3 Å². The van der Waals surface area contributed by atoms with E-state index in [4.69, 9.17) is 0 Å². The monoisotopic (exact) mass is 335 g/mol. The van der Waals surface area contributed by atoms with Crippen molar-refractivity contribution in [1.29, 1.82) is 0 Å². The van der Waals surface area contributed by atoms with Gasteiger partial charge in [-0.3, -0.25) is 4.68 Å². The maximum Gasteiger partial charge on any atom is 0.0759 e. The van der Waals surface area contributed by atoms with Crippen LogP contribution in [-0.2, 0) is 6.54 Å². The van der Waals surface area contributed by atoms with Crippen LogP contribution >= 0.6 is 15.9 Å². The van der Waals surface area contributed by atoms with Crippen LogP contribution in [0.1, 0.15) is 44.0 Å². The highest BCUT2D eigenvalue weighted by molar-refractivity contribution is 9.10. The lowest BCUT2D eigenvalue weighted by Gasteiger charge is -2.21. The van der Waals surface area contributed by atoms with Gasteiger partial charge in [-0.2, -0.15) is 5.10 Å². The zero-order valence-corrected chi connectivity index (χ0v) is 13.7. The van der Waals surface area contributed by atoms with E-state index in [2.05, 4.69) is 69.1 Å². The summed E-state index contributed by atoms with van der Waals surface area (Å²) in [4.78, 5) is 0. The summed E-state index contributed by atoms with van der Waals surface area (Å²) >= 11 is 3.67. The Hall–Kier alpha value is -1.13. The van der Waals surface area contributed by atoms with Gasteiger partial charge in [0, 0.05) is 17.2 Å². The molecule has 4 heteroatoms. The molecule has 2 aromatic rings. The van der Waals surface area contributed by atoms with E-state index in [1.807, 2.05) is 12.3 Å². The van der Waals surface area contributed by atoms with Crippen LogP contribution in [0.4, 0.5) is 0 Å². The highest BCUT2D eigenvalue weighted by atomic mass is 79.9. The van der Waals surface area contributed by atoms with Crippen LogP contribution < -0.4 is 5.32 Å². The Morgan fingerprint density at radius 1 is 1.20 bits per heavy atom. The number of hydrogen-bond donors (Lipinski definition) is 1. The minimum Gasteiger partial charge on any atom is -0.305 e. The molecule has 0 saturated carbocycles. The van der Waals surface area contributed by atoms with Crippen molar-refractivity contribution in [1.82, 2.24) is 15.1 Å². The van der Waals surface area contributed by atoms with Gasteiger partial charge in [0.2, 0.25) is 0 Å². The number of benzene rings is 1. The van der Waals surface area contributed by atoms with E-state index in [1.165, 1.54) is 11.3 Å². The van der Waals surface area contributed by atoms with Gasteiger partial charge >= 0.3 is 0 Å². The zero-order chi connectivity index (χ0) is 14.4. The molecule has 108 valence electrons. The lowest BCUT2D eigenvalue weighted by molar-refractivity contribution is 0.511. The van der Waals surface area contributed by atoms with E-state index in [1.54, 1.807) is 0 Å². The molecule has 20 heavy (non-hydrogen) atoms. The molecule has 1 aromatic carbocycles. The van der Waals surface area contributed by atoms with Crippen molar-refractivity contribution in [2.75, 3.05) is 6.54 Å². The van der Waals surface area contributed by atoms with Gasteiger partial charge in [-0.05, 0) is 37.1 Å². The molecular formula is C16H22BrN3. The van der Waals surface area contributed by atoms with Crippen LogP contribution in [0.5, 0.6) is 0 Å². The summed E-state index contributed by atoms with van der Waals surface area (Å²) < 4.78 is 3.24. The van der Waals surface area contributed by atoms with Crippen molar-refractivity contribution in [2.45, 2.75) is 39.3 Å². The molecule has 3 nitrogen and oxygen atoms in total. The Labute approximate surface area is 129 Å². The first-order valence-electron chi connectivity index (χ1n) is 7.27. The molecule has 2 rings (SSSR count). The van der Waals surface area contributed by atoms with E-state index in [0.717, 1.165) is 30.4 Å². The van der Waals surface area contributed by atoms with Gasteiger partial charge in [0.25, 0.3) is 0 Å². The fourth-order valence-electron chi connectivity index (χ4n) is 2.36. The molecule has 0 spiro atoms. The molecule has 0 amide bonds. The third-order valence-electron chi connectivity index (χ3n) is 3.30. The van der Waals surface area contributed by atoms with E-state index in [0.29, 0.717) is 0 Å². The number of aryl methyl sites for hydroxylation is 1. The molecule has 0 fully saturated rings. The molecule has 0 aliphatic rings. The van der Waals surface area contributed by atoms with Gasteiger partial charge in [-0.25, -0.2) is 0 Å². The normalized spacial score (nSPS) is 12.6. The minimum absolute atomic E-state index is 0.180.